The van der Waals surface area contributed by atoms with Crippen LogP contribution in [-0.4, -0.2) is 37.3 Å². The summed E-state index contributed by atoms with van der Waals surface area (Å²) in [6.45, 7) is 11.8. The second kappa shape index (κ2) is 12.0. The highest BCUT2D eigenvalue weighted by molar-refractivity contribution is 5.79. The number of hydrogen-bond acceptors (Lipinski definition) is 4. The zero-order valence-electron chi connectivity index (χ0n) is 17.4. The van der Waals surface area contributed by atoms with E-state index in [9.17, 15) is 0 Å². The van der Waals surface area contributed by atoms with Crippen LogP contribution in [0.4, 0.5) is 0 Å². The molecular weight excluding hydrogens is 352 g/mol. The van der Waals surface area contributed by atoms with Crippen molar-refractivity contribution in [3.63, 3.8) is 0 Å². The molecule has 152 valence electrons. The number of benzene rings is 1. The van der Waals surface area contributed by atoms with Crippen LogP contribution in [0.2, 0.25) is 0 Å². The van der Waals surface area contributed by atoms with Crippen LogP contribution in [-0.2, 0) is 17.8 Å². The van der Waals surface area contributed by atoms with Crippen molar-refractivity contribution >= 4 is 5.96 Å². The molecule has 0 amide bonds. The summed E-state index contributed by atoms with van der Waals surface area (Å²) in [5, 5.41) is 6.62. The molecular formula is C22H32N4O2. The highest BCUT2D eigenvalue weighted by atomic mass is 16.5. The van der Waals surface area contributed by atoms with Crippen molar-refractivity contribution < 1.29 is 9.47 Å². The van der Waals surface area contributed by atoms with Gasteiger partial charge in [0.2, 0.25) is 0 Å². The fourth-order valence-corrected chi connectivity index (χ4v) is 2.66. The van der Waals surface area contributed by atoms with Gasteiger partial charge in [-0.05, 0) is 51.5 Å². The molecule has 1 aromatic heterocycles. The van der Waals surface area contributed by atoms with E-state index in [1.807, 2.05) is 38.1 Å². The lowest BCUT2D eigenvalue weighted by molar-refractivity contribution is 0.110. The molecule has 2 rings (SSSR count). The molecule has 0 radical (unpaired) electrons. The summed E-state index contributed by atoms with van der Waals surface area (Å²) in [4.78, 5) is 9.23. The van der Waals surface area contributed by atoms with Crippen LogP contribution in [0.25, 0.3) is 0 Å². The Bertz CT molecular complexity index is 762. The highest BCUT2D eigenvalue weighted by Crippen LogP contribution is 2.21. The van der Waals surface area contributed by atoms with E-state index in [2.05, 4.69) is 41.6 Å². The van der Waals surface area contributed by atoms with E-state index in [0.717, 1.165) is 40.8 Å². The maximum atomic E-state index is 5.91. The van der Waals surface area contributed by atoms with Crippen LogP contribution in [0, 0.1) is 13.8 Å². The Kier molecular flexibility index (Phi) is 9.28. The second-order valence-corrected chi connectivity index (χ2v) is 6.48. The van der Waals surface area contributed by atoms with Crippen LogP contribution >= 0.6 is 0 Å². The molecule has 0 aliphatic rings. The molecule has 0 aliphatic heterocycles. The van der Waals surface area contributed by atoms with E-state index in [-0.39, 0.29) is 0 Å². The van der Waals surface area contributed by atoms with Crippen molar-refractivity contribution in [1.82, 2.24) is 15.6 Å². The van der Waals surface area contributed by atoms with E-state index in [1.54, 1.807) is 0 Å². The summed E-state index contributed by atoms with van der Waals surface area (Å²) in [7, 11) is 0. The standard InChI is InChI=1S/C22H32N4O2/c1-5-23-22(25-16-20-9-7-8-18(4)26-20)24-15-19-11-10-17(3)14-21(19)28-13-12-27-6-2/h7-11,14H,5-6,12-13,15-16H2,1-4H3,(H2,23,24,25). The first kappa shape index (κ1) is 21.7. The van der Waals surface area contributed by atoms with Crippen molar-refractivity contribution in [2.75, 3.05) is 26.4 Å². The number of aliphatic imine (C=N–C) groups is 1. The maximum absolute atomic E-state index is 5.91. The first-order chi connectivity index (χ1) is 13.6. The average molecular weight is 385 g/mol. The van der Waals surface area contributed by atoms with Gasteiger partial charge in [0.25, 0.3) is 0 Å². The van der Waals surface area contributed by atoms with Gasteiger partial charge in [0.1, 0.15) is 12.4 Å². The monoisotopic (exact) mass is 384 g/mol. The number of aryl methyl sites for hydroxylation is 2. The number of guanidine groups is 1. The van der Waals surface area contributed by atoms with Crippen LogP contribution in [0.15, 0.2) is 41.4 Å². The number of rotatable bonds is 10. The fraction of sp³-hybridized carbons (Fsp3) is 0.455. The number of ether oxygens (including phenoxy) is 2. The van der Waals surface area contributed by atoms with Crippen LogP contribution < -0.4 is 15.4 Å². The molecule has 0 unspecified atom stereocenters. The lowest BCUT2D eigenvalue weighted by Crippen LogP contribution is -2.37. The van der Waals surface area contributed by atoms with E-state index >= 15 is 0 Å². The minimum absolute atomic E-state index is 0.529. The van der Waals surface area contributed by atoms with E-state index in [0.29, 0.717) is 32.9 Å². The van der Waals surface area contributed by atoms with Gasteiger partial charge in [0.05, 0.1) is 25.4 Å². The summed E-state index contributed by atoms with van der Waals surface area (Å²) in [6.07, 6.45) is 0. The van der Waals surface area contributed by atoms with E-state index < -0.39 is 0 Å². The highest BCUT2D eigenvalue weighted by Gasteiger charge is 2.06. The summed E-state index contributed by atoms with van der Waals surface area (Å²) in [6, 6.07) is 12.2. The first-order valence-corrected chi connectivity index (χ1v) is 9.87. The summed E-state index contributed by atoms with van der Waals surface area (Å²) in [5.41, 5.74) is 4.21. The molecule has 0 saturated heterocycles. The van der Waals surface area contributed by atoms with E-state index in [4.69, 9.17) is 14.5 Å². The van der Waals surface area contributed by atoms with Gasteiger partial charge < -0.3 is 20.1 Å². The molecule has 0 atom stereocenters. The molecule has 6 heteroatoms. The zero-order valence-corrected chi connectivity index (χ0v) is 17.4. The smallest absolute Gasteiger partial charge is 0.191 e. The molecule has 0 saturated carbocycles. The Morgan fingerprint density at radius 1 is 1.07 bits per heavy atom. The molecule has 2 N–H and O–H groups in total. The minimum atomic E-state index is 0.529. The molecule has 0 spiro atoms. The average Bonchev–Trinajstić information content (AvgIpc) is 2.68. The number of nitrogens with zero attached hydrogens (tertiary/aromatic N) is 2. The third-order valence-corrected chi connectivity index (χ3v) is 4.05. The predicted molar refractivity (Wildman–Crippen MR) is 114 cm³/mol. The zero-order chi connectivity index (χ0) is 20.2. The Morgan fingerprint density at radius 3 is 2.68 bits per heavy atom. The van der Waals surface area contributed by atoms with Gasteiger partial charge in [-0.15, -0.1) is 0 Å². The van der Waals surface area contributed by atoms with Gasteiger partial charge in [0.15, 0.2) is 5.96 Å². The molecule has 0 bridgehead atoms. The maximum Gasteiger partial charge on any atom is 0.191 e. The summed E-state index contributed by atoms with van der Waals surface area (Å²) < 4.78 is 11.3. The quantitative estimate of drug-likeness (QED) is 0.373. The Hall–Kier alpha value is -2.60. The largest absolute Gasteiger partial charge is 0.491 e. The van der Waals surface area contributed by atoms with Crippen molar-refractivity contribution in [3.8, 4) is 5.75 Å². The summed E-state index contributed by atoms with van der Waals surface area (Å²) >= 11 is 0. The second-order valence-electron chi connectivity index (χ2n) is 6.48. The lowest BCUT2D eigenvalue weighted by Gasteiger charge is -2.14. The van der Waals surface area contributed by atoms with Crippen LogP contribution in [0.5, 0.6) is 5.75 Å². The molecule has 1 heterocycles. The summed E-state index contributed by atoms with van der Waals surface area (Å²) in [5.74, 6) is 1.62. The number of pyridine rings is 1. The normalized spacial score (nSPS) is 11.4. The number of aromatic nitrogens is 1. The number of nitrogens with one attached hydrogen (secondary N) is 2. The molecule has 28 heavy (non-hydrogen) atoms. The van der Waals surface area contributed by atoms with Gasteiger partial charge in [-0.25, -0.2) is 4.99 Å². The van der Waals surface area contributed by atoms with Crippen molar-refractivity contribution in [1.29, 1.82) is 0 Å². The Morgan fingerprint density at radius 2 is 1.93 bits per heavy atom. The van der Waals surface area contributed by atoms with Gasteiger partial charge in [-0.1, -0.05) is 18.2 Å². The topological polar surface area (TPSA) is 67.8 Å². The van der Waals surface area contributed by atoms with Crippen molar-refractivity contribution in [2.24, 2.45) is 4.99 Å². The Balaban J connectivity index is 2.02. The van der Waals surface area contributed by atoms with Crippen LogP contribution in [0.3, 0.4) is 0 Å². The minimum Gasteiger partial charge on any atom is -0.491 e. The third-order valence-electron chi connectivity index (χ3n) is 4.05. The van der Waals surface area contributed by atoms with Gasteiger partial charge >= 0.3 is 0 Å². The molecule has 2 aromatic rings. The van der Waals surface area contributed by atoms with Gasteiger partial charge in [-0.3, -0.25) is 4.98 Å². The van der Waals surface area contributed by atoms with Crippen molar-refractivity contribution in [3.05, 3.63) is 58.9 Å². The number of hydrogen-bond donors (Lipinski definition) is 2. The Labute approximate surface area is 168 Å². The van der Waals surface area contributed by atoms with Crippen molar-refractivity contribution in [2.45, 2.75) is 40.8 Å². The molecule has 6 nitrogen and oxygen atoms in total. The molecule has 0 aliphatic carbocycles. The van der Waals surface area contributed by atoms with Gasteiger partial charge in [-0.2, -0.15) is 0 Å². The van der Waals surface area contributed by atoms with E-state index in [1.165, 1.54) is 0 Å². The molecule has 0 fully saturated rings. The SMILES string of the molecule is CCNC(=NCc1ccc(C)cc1OCCOCC)NCc1cccc(C)n1. The lowest BCUT2D eigenvalue weighted by atomic mass is 10.1. The van der Waals surface area contributed by atoms with Gasteiger partial charge in [0, 0.05) is 24.4 Å². The molecule has 1 aromatic carbocycles. The van der Waals surface area contributed by atoms with Crippen LogP contribution in [0.1, 0.15) is 36.4 Å². The third kappa shape index (κ3) is 7.56. The first-order valence-electron chi connectivity index (χ1n) is 9.87. The predicted octanol–water partition coefficient (Wildman–Crippen LogP) is 3.37. The fourth-order valence-electron chi connectivity index (χ4n) is 2.66.